The van der Waals surface area contributed by atoms with Crippen molar-refractivity contribution in [1.82, 2.24) is 16.0 Å². The molecule has 2 rings (SSSR count). The van der Waals surface area contributed by atoms with Gasteiger partial charge in [0.1, 0.15) is 0 Å². The highest BCUT2D eigenvalue weighted by molar-refractivity contribution is 8.76. The number of rotatable bonds is 12. The molecule has 0 spiro atoms. The van der Waals surface area contributed by atoms with Crippen LogP contribution < -0.4 is 21.7 Å². The number of unbranched alkanes of at least 4 members (excludes halogenated alkanes) is 1. The summed E-state index contributed by atoms with van der Waals surface area (Å²) in [6, 6.07) is 0.463. The van der Waals surface area contributed by atoms with Gasteiger partial charge in [-0.15, -0.1) is 0 Å². The first-order chi connectivity index (χ1) is 12.1. The van der Waals surface area contributed by atoms with E-state index in [-0.39, 0.29) is 29.9 Å². The van der Waals surface area contributed by atoms with E-state index in [4.69, 9.17) is 5.73 Å². The maximum absolute atomic E-state index is 11.8. The van der Waals surface area contributed by atoms with Crippen LogP contribution in [0.15, 0.2) is 0 Å². The first-order valence-corrected chi connectivity index (χ1v) is 12.1. The predicted octanol–water partition coefficient (Wildman–Crippen LogP) is 1.09. The van der Waals surface area contributed by atoms with Crippen LogP contribution in [0.4, 0.5) is 4.79 Å². The third-order valence-electron chi connectivity index (χ3n) is 4.10. The fourth-order valence-electron chi connectivity index (χ4n) is 2.85. The molecule has 2 fully saturated rings. The maximum atomic E-state index is 11.8. The molecule has 2 heterocycles. The molecule has 3 atom stereocenters. The van der Waals surface area contributed by atoms with Crippen LogP contribution in [0, 0.1) is 0 Å². The average molecular weight is 407 g/mol. The van der Waals surface area contributed by atoms with Gasteiger partial charge in [0.25, 0.3) is 0 Å². The zero-order valence-electron chi connectivity index (χ0n) is 14.1. The zero-order valence-corrected chi connectivity index (χ0v) is 16.6. The Bertz CT molecular complexity index is 481. The molecule has 142 valence electrons. The van der Waals surface area contributed by atoms with Gasteiger partial charge in [-0.3, -0.25) is 9.59 Å². The summed E-state index contributed by atoms with van der Waals surface area (Å²) in [6.07, 6.45) is 3.86. The maximum Gasteiger partial charge on any atom is 0.315 e. The summed E-state index contributed by atoms with van der Waals surface area (Å²) in [4.78, 5) is 33.7. The van der Waals surface area contributed by atoms with Crippen LogP contribution in [-0.4, -0.2) is 59.0 Å². The summed E-state index contributed by atoms with van der Waals surface area (Å²) in [5.41, 5.74) is 5.06. The first-order valence-electron chi connectivity index (χ1n) is 8.54. The number of fused-ring (bicyclic) bond motifs is 1. The Balaban J connectivity index is 1.42. The topological polar surface area (TPSA) is 113 Å². The number of nitrogens with one attached hydrogen (secondary N) is 3. The summed E-state index contributed by atoms with van der Waals surface area (Å²) >= 11 is 1.91. The van der Waals surface area contributed by atoms with E-state index in [9.17, 15) is 14.4 Å². The van der Waals surface area contributed by atoms with Gasteiger partial charge < -0.3 is 21.7 Å². The molecule has 2 saturated heterocycles. The zero-order chi connectivity index (χ0) is 18.1. The van der Waals surface area contributed by atoms with Crippen molar-refractivity contribution >= 4 is 51.2 Å². The fraction of sp³-hybridized carbons (Fsp3) is 0.800. The Morgan fingerprint density at radius 2 is 2.00 bits per heavy atom. The van der Waals surface area contributed by atoms with Crippen LogP contribution in [0.25, 0.3) is 0 Å². The smallest absolute Gasteiger partial charge is 0.315 e. The molecule has 0 radical (unpaired) electrons. The minimum atomic E-state index is -0.278. The van der Waals surface area contributed by atoms with Gasteiger partial charge in [-0.2, -0.15) is 11.8 Å². The van der Waals surface area contributed by atoms with Crippen LogP contribution >= 0.6 is 33.3 Å². The van der Waals surface area contributed by atoms with Gasteiger partial charge in [-0.25, -0.2) is 4.79 Å². The number of amides is 4. The van der Waals surface area contributed by atoms with Crippen LogP contribution in [0.3, 0.4) is 0 Å². The van der Waals surface area contributed by atoms with Gasteiger partial charge in [0.2, 0.25) is 11.8 Å². The number of hydrogen-bond donors (Lipinski definition) is 4. The third kappa shape index (κ3) is 7.57. The normalized spacial score (nSPS) is 24.5. The molecule has 0 aromatic rings. The molecule has 5 N–H and O–H groups in total. The SMILES string of the molecule is NC(=O)CCSSCCNC(=O)CCCC[C@H]1SC[C@H]2NC(=O)N[C@H]21. The largest absolute Gasteiger partial charge is 0.370 e. The standard InChI is InChI=1S/C15H26N4O3S3/c16-12(20)5-7-24-25-8-6-17-13(21)4-2-1-3-11-14-10(9-23-11)18-15(22)19-14/h10-11,14H,1-9H2,(H2,16,20)(H,17,21)(H2,18,19,22)/t10-,11-,14-/m1/s1. The molecule has 2 aliphatic heterocycles. The molecule has 2 aliphatic rings. The molecule has 0 bridgehead atoms. The van der Waals surface area contributed by atoms with Gasteiger partial charge in [-0.1, -0.05) is 28.0 Å². The number of hydrogen-bond acceptors (Lipinski definition) is 6. The van der Waals surface area contributed by atoms with E-state index in [1.807, 2.05) is 11.8 Å². The molecule has 0 aromatic heterocycles. The lowest BCUT2D eigenvalue weighted by Crippen LogP contribution is -2.36. The number of thioether (sulfide) groups is 1. The molecule has 0 unspecified atom stereocenters. The van der Waals surface area contributed by atoms with Gasteiger partial charge in [-0.05, 0) is 12.8 Å². The highest BCUT2D eigenvalue weighted by Gasteiger charge is 2.42. The summed E-state index contributed by atoms with van der Waals surface area (Å²) < 4.78 is 0. The van der Waals surface area contributed by atoms with E-state index in [0.29, 0.717) is 30.4 Å². The van der Waals surface area contributed by atoms with Crippen molar-refractivity contribution in [3.63, 3.8) is 0 Å². The molecular formula is C15H26N4O3S3. The summed E-state index contributed by atoms with van der Waals surface area (Å²) in [5.74, 6) is 2.33. The second-order valence-corrected chi connectivity index (χ2v) is 10.1. The van der Waals surface area contributed by atoms with E-state index >= 15 is 0 Å². The summed E-state index contributed by atoms with van der Waals surface area (Å²) in [7, 11) is 3.25. The second kappa shape index (κ2) is 11.1. The molecular weight excluding hydrogens is 380 g/mol. The van der Waals surface area contributed by atoms with Gasteiger partial charge in [0, 0.05) is 41.9 Å². The monoisotopic (exact) mass is 406 g/mol. The quantitative estimate of drug-likeness (QED) is 0.219. The molecule has 0 saturated carbocycles. The van der Waals surface area contributed by atoms with Crippen molar-refractivity contribution in [2.45, 2.75) is 49.4 Å². The fourth-order valence-corrected chi connectivity index (χ4v) is 6.31. The molecule has 10 heteroatoms. The lowest BCUT2D eigenvalue weighted by molar-refractivity contribution is -0.121. The minimum Gasteiger partial charge on any atom is -0.370 e. The average Bonchev–Trinajstić information content (AvgIpc) is 3.10. The lowest BCUT2D eigenvalue weighted by Gasteiger charge is -2.16. The molecule has 0 aliphatic carbocycles. The number of nitrogens with two attached hydrogens (primary N) is 1. The Morgan fingerprint density at radius 1 is 1.20 bits per heavy atom. The van der Waals surface area contributed by atoms with E-state index in [0.717, 1.165) is 30.8 Å². The van der Waals surface area contributed by atoms with Crippen molar-refractivity contribution in [3.05, 3.63) is 0 Å². The van der Waals surface area contributed by atoms with Crippen LogP contribution in [0.1, 0.15) is 32.1 Å². The van der Waals surface area contributed by atoms with Crippen molar-refractivity contribution in [1.29, 1.82) is 0 Å². The minimum absolute atomic E-state index is 0.0506. The summed E-state index contributed by atoms with van der Waals surface area (Å²) in [5, 5.41) is 9.31. The van der Waals surface area contributed by atoms with E-state index in [1.54, 1.807) is 21.6 Å². The summed E-state index contributed by atoms with van der Waals surface area (Å²) in [6.45, 7) is 0.646. The van der Waals surface area contributed by atoms with Gasteiger partial charge >= 0.3 is 6.03 Å². The van der Waals surface area contributed by atoms with Crippen molar-refractivity contribution < 1.29 is 14.4 Å². The van der Waals surface area contributed by atoms with Crippen LogP contribution in [-0.2, 0) is 9.59 Å². The van der Waals surface area contributed by atoms with E-state index in [2.05, 4.69) is 16.0 Å². The Morgan fingerprint density at radius 3 is 2.80 bits per heavy atom. The second-order valence-electron chi connectivity index (χ2n) is 6.08. The Labute approximate surface area is 160 Å². The molecule has 25 heavy (non-hydrogen) atoms. The number of urea groups is 1. The van der Waals surface area contributed by atoms with Gasteiger partial charge in [0.05, 0.1) is 12.1 Å². The van der Waals surface area contributed by atoms with Crippen molar-refractivity contribution in [2.75, 3.05) is 23.8 Å². The Hall–Kier alpha value is -0.740. The molecule has 0 aromatic carbocycles. The predicted molar refractivity (Wildman–Crippen MR) is 106 cm³/mol. The van der Waals surface area contributed by atoms with Crippen LogP contribution in [0.5, 0.6) is 0 Å². The highest BCUT2D eigenvalue weighted by atomic mass is 33.1. The van der Waals surface area contributed by atoms with Gasteiger partial charge in [0.15, 0.2) is 0 Å². The number of primary amides is 1. The van der Waals surface area contributed by atoms with Crippen molar-refractivity contribution in [2.24, 2.45) is 5.73 Å². The van der Waals surface area contributed by atoms with E-state index < -0.39 is 0 Å². The molecule has 4 amide bonds. The molecule has 7 nitrogen and oxygen atoms in total. The number of carbonyl (C=O) groups is 3. The number of carbonyl (C=O) groups excluding carboxylic acids is 3. The first kappa shape index (κ1) is 20.6. The van der Waals surface area contributed by atoms with Crippen LogP contribution in [0.2, 0.25) is 0 Å². The Kier molecular flexibility index (Phi) is 9.11. The third-order valence-corrected chi connectivity index (χ3v) is 8.02. The van der Waals surface area contributed by atoms with Crippen molar-refractivity contribution in [3.8, 4) is 0 Å². The lowest BCUT2D eigenvalue weighted by atomic mass is 10.0. The van der Waals surface area contributed by atoms with E-state index in [1.165, 1.54) is 0 Å². The highest BCUT2D eigenvalue weighted by Crippen LogP contribution is 2.33.